The Hall–Kier alpha value is -1.87. The van der Waals surface area contributed by atoms with E-state index in [-0.39, 0.29) is 0 Å². The Kier molecular flexibility index (Phi) is 5.56. The lowest BCUT2D eigenvalue weighted by Crippen LogP contribution is -2.10. The maximum absolute atomic E-state index is 5.86. The Morgan fingerprint density at radius 3 is 2.65 bits per heavy atom. The van der Waals surface area contributed by atoms with Crippen LogP contribution in [-0.2, 0) is 13.0 Å². The summed E-state index contributed by atoms with van der Waals surface area (Å²) >= 11 is 0. The Bertz CT molecular complexity index is 526. The third-order valence-electron chi connectivity index (χ3n) is 3.13. The van der Waals surface area contributed by atoms with Gasteiger partial charge in [-0.2, -0.15) is 0 Å². The van der Waals surface area contributed by atoms with E-state index in [0.717, 1.165) is 43.1 Å². The molecule has 0 aliphatic carbocycles. The molecule has 2 aromatic rings. The summed E-state index contributed by atoms with van der Waals surface area (Å²) in [5.41, 5.74) is 3.35. The zero-order chi connectivity index (χ0) is 14.2. The van der Waals surface area contributed by atoms with Crippen molar-refractivity contribution in [2.24, 2.45) is 0 Å². The molecular weight excluding hydrogens is 248 g/mol. The third-order valence-corrected chi connectivity index (χ3v) is 3.13. The van der Waals surface area contributed by atoms with Crippen molar-refractivity contribution in [3.8, 4) is 5.75 Å². The minimum atomic E-state index is 0.719. The summed E-state index contributed by atoms with van der Waals surface area (Å²) in [6, 6.07) is 14.5. The van der Waals surface area contributed by atoms with Gasteiger partial charge in [0, 0.05) is 12.2 Å². The zero-order valence-electron chi connectivity index (χ0n) is 12.2. The standard InChI is InChI=1S/C17H22N2O/c1-14-10-11-17(16(19-14)13-18-2)20-12-6-9-15-7-4-3-5-8-15/h3-5,7-8,10-11,18H,6,9,12-13H2,1-2H3. The number of rotatable bonds is 7. The van der Waals surface area contributed by atoms with Crippen molar-refractivity contribution < 1.29 is 4.74 Å². The van der Waals surface area contributed by atoms with Crippen LogP contribution >= 0.6 is 0 Å². The van der Waals surface area contributed by atoms with Crippen LogP contribution in [0.5, 0.6) is 5.75 Å². The highest BCUT2D eigenvalue weighted by Crippen LogP contribution is 2.17. The lowest BCUT2D eigenvalue weighted by Gasteiger charge is -2.11. The quantitative estimate of drug-likeness (QED) is 0.785. The molecule has 0 saturated heterocycles. The van der Waals surface area contributed by atoms with E-state index in [1.54, 1.807) is 0 Å². The molecule has 0 spiro atoms. The van der Waals surface area contributed by atoms with Crippen molar-refractivity contribution in [1.29, 1.82) is 0 Å². The van der Waals surface area contributed by atoms with Crippen molar-refractivity contribution in [2.45, 2.75) is 26.3 Å². The molecule has 106 valence electrons. The molecule has 1 heterocycles. The van der Waals surface area contributed by atoms with Gasteiger partial charge in [0.2, 0.25) is 0 Å². The lowest BCUT2D eigenvalue weighted by atomic mass is 10.1. The first kappa shape index (κ1) is 14.5. The smallest absolute Gasteiger partial charge is 0.142 e. The molecule has 3 heteroatoms. The van der Waals surface area contributed by atoms with Gasteiger partial charge in [-0.1, -0.05) is 30.3 Å². The molecule has 3 nitrogen and oxygen atoms in total. The summed E-state index contributed by atoms with van der Waals surface area (Å²) in [5, 5.41) is 3.13. The van der Waals surface area contributed by atoms with Crippen molar-refractivity contribution in [3.05, 3.63) is 59.4 Å². The van der Waals surface area contributed by atoms with Crippen LogP contribution in [0.2, 0.25) is 0 Å². The van der Waals surface area contributed by atoms with Crippen LogP contribution in [0.3, 0.4) is 0 Å². The summed E-state index contributed by atoms with van der Waals surface area (Å²) in [6.07, 6.45) is 2.05. The molecule has 1 aromatic heterocycles. The molecule has 0 amide bonds. The minimum absolute atomic E-state index is 0.719. The topological polar surface area (TPSA) is 34.2 Å². The van der Waals surface area contributed by atoms with Gasteiger partial charge >= 0.3 is 0 Å². The molecule has 0 radical (unpaired) electrons. The molecule has 0 atom stereocenters. The molecule has 2 rings (SSSR count). The van der Waals surface area contributed by atoms with Gasteiger partial charge in [0.1, 0.15) is 5.75 Å². The number of aromatic nitrogens is 1. The number of hydrogen-bond donors (Lipinski definition) is 1. The van der Waals surface area contributed by atoms with Crippen LogP contribution in [-0.4, -0.2) is 18.6 Å². The number of nitrogens with zero attached hydrogens (tertiary/aromatic N) is 1. The number of hydrogen-bond acceptors (Lipinski definition) is 3. The first-order valence-corrected chi connectivity index (χ1v) is 7.07. The zero-order valence-corrected chi connectivity index (χ0v) is 12.2. The molecule has 20 heavy (non-hydrogen) atoms. The molecule has 1 N–H and O–H groups in total. The van der Waals surface area contributed by atoms with Crippen molar-refractivity contribution in [3.63, 3.8) is 0 Å². The average Bonchev–Trinajstić information content (AvgIpc) is 2.47. The van der Waals surface area contributed by atoms with Crippen molar-refractivity contribution >= 4 is 0 Å². The first-order chi connectivity index (χ1) is 9.79. The minimum Gasteiger partial charge on any atom is -0.492 e. The van der Waals surface area contributed by atoms with Crippen LogP contribution < -0.4 is 10.1 Å². The molecule has 1 aromatic carbocycles. The Labute approximate surface area is 121 Å². The normalized spacial score (nSPS) is 10.5. The molecule has 0 fully saturated rings. The van der Waals surface area contributed by atoms with E-state index >= 15 is 0 Å². The number of aryl methyl sites for hydroxylation is 2. The number of pyridine rings is 1. The Balaban J connectivity index is 1.84. The van der Waals surface area contributed by atoms with E-state index < -0.39 is 0 Å². The SMILES string of the molecule is CNCc1nc(C)ccc1OCCCc1ccccc1. The molecule has 0 unspecified atom stereocenters. The van der Waals surface area contributed by atoms with Gasteiger partial charge in [0.25, 0.3) is 0 Å². The molecule has 0 bridgehead atoms. The van der Waals surface area contributed by atoms with E-state index in [1.807, 2.05) is 32.2 Å². The molecule has 0 saturated carbocycles. The number of benzene rings is 1. The van der Waals surface area contributed by atoms with E-state index in [1.165, 1.54) is 5.56 Å². The van der Waals surface area contributed by atoms with Gasteiger partial charge < -0.3 is 10.1 Å². The number of nitrogens with one attached hydrogen (secondary N) is 1. The van der Waals surface area contributed by atoms with Crippen LogP contribution in [0.4, 0.5) is 0 Å². The Morgan fingerprint density at radius 1 is 1.10 bits per heavy atom. The summed E-state index contributed by atoms with van der Waals surface area (Å²) in [6.45, 7) is 3.45. The highest BCUT2D eigenvalue weighted by atomic mass is 16.5. The third kappa shape index (κ3) is 4.35. The van der Waals surface area contributed by atoms with Crippen LogP contribution in [0.25, 0.3) is 0 Å². The largest absolute Gasteiger partial charge is 0.492 e. The van der Waals surface area contributed by atoms with Gasteiger partial charge in [-0.05, 0) is 44.5 Å². The van der Waals surface area contributed by atoms with E-state index in [9.17, 15) is 0 Å². The fourth-order valence-corrected chi connectivity index (χ4v) is 2.13. The summed E-state index contributed by atoms with van der Waals surface area (Å²) in [7, 11) is 1.92. The number of ether oxygens (including phenoxy) is 1. The fourth-order valence-electron chi connectivity index (χ4n) is 2.13. The second-order valence-electron chi connectivity index (χ2n) is 4.87. The highest BCUT2D eigenvalue weighted by Gasteiger charge is 2.05. The monoisotopic (exact) mass is 270 g/mol. The summed E-state index contributed by atoms with van der Waals surface area (Å²) < 4.78 is 5.86. The van der Waals surface area contributed by atoms with E-state index in [2.05, 4.69) is 34.6 Å². The maximum atomic E-state index is 5.86. The van der Waals surface area contributed by atoms with Gasteiger partial charge in [-0.3, -0.25) is 4.98 Å². The molecule has 0 aliphatic rings. The van der Waals surface area contributed by atoms with Crippen LogP contribution in [0.1, 0.15) is 23.4 Å². The van der Waals surface area contributed by atoms with Gasteiger partial charge in [0.15, 0.2) is 0 Å². The predicted octanol–water partition coefficient (Wildman–Crippen LogP) is 3.12. The summed E-state index contributed by atoms with van der Waals surface area (Å²) in [5.74, 6) is 0.887. The fraction of sp³-hybridized carbons (Fsp3) is 0.353. The van der Waals surface area contributed by atoms with Gasteiger partial charge in [-0.15, -0.1) is 0 Å². The Morgan fingerprint density at radius 2 is 1.90 bits per heavy atom. The summed E-state index contributed by atoms with van der Waals surface area (Å²) in [4.78, 5) is 4.51. The first-order valence-electron chi connectivity index (χ1n) is 7.07. The van der Waals surface area contributed by atoms with Gasteiger partial charge in [0.05, 0.1) is 12.3 Å². The molecular formula is C17H22N2O. The van der Waals surface area contributed by atoms with Crippen LogP contribution in [0.15, 0.2) is 42.5 Å². The van der Waals surface area contributed by atoms with E-state index in [0.29, 0.717) is 0 Å². The maximum Gasteiger partial charge on any atom is 0.142 e. The predicted molar refractivity (Wildman–Crippen MR) is 82.0 cm³/mol. The van der Waals surface area contributed by atoms with Crippen molar-refractivity contribution in [1.82, 2.24) is 10.3 Å². The van der Waals surface area contributed by atoms with Crippen LogP contribution in [0, 0.1) is 6.92 Å². The second-order valence-corrected chi connectivity index (χ2v) is 4.87. The molecule has 0 aliphatic heterocycles. The highest BCUT2D eigenvalue weighted by molar-refractivity contribution is 5.29. The average molecular weight is 270 g/mol. The second kappa shape index (κ2) is 7.65. The van der Waals surface area contributed by atoms with E-state index in [4.69, 9.17) is 4.74 Å². The van der Waals surface area contributed by atoms with Gasteiger partial charge in [-0.25, -0.2) is 0 Å². The van der Waals surface area contributed by atoms with Crippen molar-refractivity contribution in [2.75, 3.05) is 13.7 Å². The lowest BCUT2D eigenvalue weighted by molar-refractivity contribution is 0.305.